The van der Waals surface area contributed by atoms with Gasteiger partial charge in [0.2, 0.25) is 11.6 Å². The molecule has 9 heteroatoms. The van der Waals surface area contributed by atoms with E-state index in [4.69, 9.17) is 5.73 Å². The van der Waals surface area contributed by atoms with Gasteiger partial charge in [-0.3, -0.25) is 15.3 Å². The minimum absolute atomic E-state index is 0.193. The number of nitrogens with one attached hydrogen (secondary N) is 1. The van der Waals surface area contributed by atoms with Crippen LogP contribution in [0.4, 0.5) is 0 Å². The number of hydrogen-bond acceptors (Lipinski definition) is 6. The SMILES string of the molecule is CC1(C)S[C@@H]2[C@H](NC(=O)C(N)(O)c3ccccc3)C(=O)N2[C@H]1C(=O)O. The van der Waals surface area contributed by atoms with Crippen LogP contribution in [0.25, 0.3) is 0 Å². The predicted molar refractivity (Wildman–Crippen MR) is 90.2 cm³/mol. The number of benzene rings is 1. The molecule has 1 unspecified atom stereocenters. The topological polar surface area (TPSA) is 133 Å². The highest BCUT2D eigenvalue weighted by Gasteiger charge is 2.64. The predicted octanol–water partition coefficient (Wildman–Crippen LogP) is -0.578. The number of nitrogens with two attached hydrogens (primary N) is 1. The zero-order valence-electron chi connectivity index (χ0n) is 13.7. The van der Waals surface area contributed by atoms with Gasteiger partial charge in [-0.05, 0) is 13.8 Å². The van der Waals surface area contributed by atoms with E-state index in [2.05, 4.69) is 5.32 Å². The largest absolute Gasteiger partial charge is 0.480 e. The fourth-order valence-electron chi connectivity index (χ4n) is 3.22. The van der Waals surface area contributed by atoms with E-state index in [1.807, 2.05) is 0 Å². The fraction of sp³-hybridized carbons (Fsp3) is 0.438. The summed E-state index contributed by atoms with van der Waals surface area (Å²) in [6.07, 6.45) is 0. The lowest BCUT2D eigenvalue weighted by atomic mass is 9.95. The number of hydrogen-bond donors (Lipinski definition) is 4. The zero-order valence-corrected chi connectivity index (χ0v) is 14.5. The molecule has 0 radical (unpaired) electrons. The van der Waals surface area contributed by atoms with Crippen LogP contribution in [0.5, 0.6) is 0 Å². The Morgan fingerprint density at radius 1 is 1.32 bits per heavy atom. The van der Waals surface area contributed by atoms with E-state index in [1.165, 1.54) is 28.8 Å². The van der Waals surface area contributed by atoms with E-state index in [1.54, 1.807) is 32.0 Å². The standard InChI is InChI=1S/C16H19N3O5S/c1-15(2)10(13(21)22)19-11(20)9(12(19)25-15)18-14(23)16(17,24)8-6-4-3-5-7-8/h3-7,9-10,12,24H,17H2,1-2H3,(H,18,23)(H,21,22)/t9-,10+,12-,16?/m1/s1. The molecule has 134 valence electrons. The Hall–Kier alpha value is -2.10. The quantitative estimate of drug-likeness (QED) is 0.414. The summed E-state index contributed by atoms with van der Waals surface area (Å²) >= 11 is 1.30. The molecule has 0 saturated carbocycles. The Bertz CT molecular complexity index is 737. The number of thioether (sulfide) groups is 1. The summed E-state index contributed by atoms with van der Waals surface area (Å²) in [5.74, 6) is -2.49. The Kier molecular flexibility index (Phi) is 4.05. The highest BCUT2D eigenvalue weighted by molar-refractivity contribution is 8.01. The summed E-state index contributed by atoms with van der Waals surface area (Å²) in [6.45, 7) is 3.48. The monoisotopic (exact) mass is 365 g/mol. The third-order valence-corrected chi connectivity index (χ3v) is 6.09. The van der Waals surface area contributed by atoms with Crippen LogP contribution in [0.1, 0.15) is 19.4 Å². The van der Waals surface area contributed by atoms with Gasteiger partial charge in [0.15, 0.2) is 0 Å². The Morgan fingerprint density at radius 2 is 1.92 bits per heavy atom. The van der Waals surface area contributed by atoms with Crippen LogP contribution in [0.3, 0.4) is 0 Å². The minimum Gasteiger partial charge on any atom is -0.480 e. The summed E-state index contributed by atoms with van der Waals surface area (Å²) in [6, 6.07) is 6.10. The van der Waals surface area contributed by atoms with Crippen LogP contribution in [-0.4, -0.2) is 55.1 Å². The summed E-state index contributed by atoms with van der Waals surface area (Å²) < 4.78 is -0.690. The number of β-lactam (4-membered cyclic amide) rings is 1. The molecule has 2 saturated heterocycles. The van der Waals surface area contributed by atoms with E-state index in [9.17, 15) is 24.6 Å². The summed E-state index contributed by atoms with van der Waals surface area (Å²) in [5.41, 5.74) is 3.65. The van der Waals surface area contributed by atoms with Crippen molar-refractivity contribution in [2.24, 2.45) is 5.73 Å². The van der Waals surface area contributed by atoms with Gasteiger partial charge >= 0.3 is 5.97 Å². The summed E-state index contributed by atoms with van der Waals surface area (Å²) in [4.78, 5) is 37.5. The lowest BCUT2D eigenvalue weighted by Crippen LogP contribution is -2.72. The maximum Gasteiger partial charge on any atom is 0.327 e. The van der Waals surface area contributed by atoms with Crippen LogP contribution >= 0.6 is 11.8 Å². The first-order valence-corrected chi connectivity index (χ1v) is 8.56. The number of nitrogens with zero attached hydrogens (tertiary/aromatic N) is 1. The molecule has 8 nitrogen and oxygen atoms in total. The summed E-state index contributed by atoms with van der Waals surface area (Å²) in [5, 5.41) is 21.7. The lowest BCUT2D eigenvalue weighted by molar-refractivity contribution is -0.162. The van der Waals surface area contributed by atoms with E-state index < -0.39 is 45.7 Å². The van der Waals surface area contributed by atoms with E-state index in [0.717, 1.165) is 0 Å². The molecule has 2 fully saturated rings. The van der Waals surface area contributed by atoms with Gasteiger partial charge in [0.1, 0.15) is 17.5 Å². The van der Waals surface area contributed by atoms with Gasteiger partial charge in [0.25, 0.3) is 5.91 Å². The molecule has 0 spiro atoms. The average Bonchev–Trinajstić information content (AvgIpc) is 2.81. The number of aliphatic carboxylic acids is 1. The lowest BCUT2D eigenvalue weighted by Gasteiger charge is -2.44. The van der Waals surface area contributed by atoms with Crippen LogP contribution in [-0.2, 0) is 20.1 Å². The van der Waals surface area contributed by atoms with Gasteiger partial charge < -0.3 is 20.4 Å². The molecule has 1 aromatic rings. The number of fused-ring (bicyclic) bond motifs is 1. The van der Waals surface area contributed by atoms with Crippen LogP contribution in [0.2, 0.25) is 0 Å². The third-order valence-electron chi connectivity index (χ3n) is 4.52. The first-order chi connectivity index (χ1) is 11.6. The van der Waals surface area contributed by atoms with E-state index in [-0.39, 0.29) is 5.56 Å². The molecule has 2 aliphatic heterocycles. The van der Waals surface area contributed by atoms with Crippen molar-refractivity contribution in [2.75, 3.05) is 0 Å². The molecule has 2 aliphatic rings. The van der Waals surface area contributed by atoms with Crippen LogP contribution in [0, 0.1) is 0 Å². The molecule has 3 rings (SSSR count). The van der Waals surface area contributed by atoms with Crippen molar-refractivity contribution in [3.63, 3.8) is 0 Å². The molecular weight excluding hydrogens is 346 g/mol. The molecule has 4 atom stereocenters. The second-order valence-corrected chi connectivity index (χ2v) is 8.45. The molecule has 1 aromatic carbocycles. The molecule has 2 amide bonds. The smallest absolute Gasteiger partial charge is 0.327 e. The number of carboxylic acid groups (broad SMARTS) is 1. The van der Waals surface area contributed by atoms with Gasteiger partial charge in [-0.1, -0.05) is 30.3 Å². The Balaban J connectivity index is 1.76. The van der Waals surface area contributed by atoms with Gasteiger partial charge in [-0.2, -0.15) is 0 Å². The van der Waals surface area contributed by atoms with Crippen molar-refractivity contribution < 1.29 is 24.6 Å². The highest BCUT2D eigenvalue weighted by atomic mass is 32.2. The number of aliphatic hydroxyl groups is 1. The maximum atomic E-state index is 12.4. The Labute approximate surface area is 148 Å². The number of amides is 2. The van der Waals surface area contributed by atoms with Crippen molar-refractivity contribution in [3.8, 4) is 0 Å². The van der Waals surface area contributed by atoms with Crippen LogP contribution in [0.15, 0.2) is 30.3 Å². The molecule has 25 heavy (non-hydrogen) atoms. The third kappa shape index (κ3) is 2.68. The van der Waals surface area contributed by atoms with Gasteiger partial charge in [-0.15, -0.1) is 11.8 Å². The number of carbonyl (C=O) groups excluding carboxylic acids is 2. The Morgan fingerprint density at radius 3 is 2.48 bits per heavy atom. The maximum absolute atomic E-state index is 12.4. The molecule has 0 bridgehead atoms. The molecular formula is C16H19N3O5S. The highest BCUT2D eigenvalue weighted by Crippen LogP contribution is 2.50. The van der Waals surface area contributed by atoms with Gasteiger partial charge in [0.05, 0.1) is 0 Å². The molecule has 0 aromatic heterocycles. The molecule has 2 heterocycles. The number of carbonyl (C=O) groups is 3. The molecule has 5 N–H and O–H groups in total. The van der Waals surface area contributed by atoms with Crippen molar-refractivity contribution in [3.05, 3.63) is 35.9 Å². The summed E-state index contributed by atoms with van der Waals surface area (Å²) in [7, 11) is 0. The average molecular weight is 365 g/mol. The zero-order chi connectivity index (χ0) is 18.6. The van der Waals surface area contributed by atoms with Gasteiger partial charge in [0, 0.05) is 10.3 Å². The second kappa shape index (κ2) is 5.72. The van der Waals surface area contributed by atoms with Crippen molar-refractivity contribution in [2.45, 2.75) is 41.8 Å². The van der Waals surface area contributed by atoms with Gasteiger partial charge in [-0.25, -0.2) is 4.79 Å². The van der Waals surface area contributed by atoms with Crippen LogP contribution < -0.4 is 11.1 Å². The normalized spacial score (nSPS) is 29.4. The van der Waals surface area contributed by atoms with E-state index in [0.29, 0.717) is 0 Å². The van der Waals surface area contributed by atoms with E-state index >= 15 is 0 Å². The van der Waals surface area contributed by atoms with Crippen molar-refractivity contribution >= 4 is 29.5 Å². The van der Waals surface area contributed by atoms with Crippen molar-refractivity contribution in [1.82, 2.24) is 10.2 Å². The number of rotatable bonds is 4. The fourth-order valence-corrected chi connectivity index (χ4v) is 4.85. The minimum atomic E-state index is -2.28. The van der Waals surface area contributed by atoms with Crippen molar-refractivity contribution in [1.29, 1.82) is 0 Å². The second-order valence-electron chi connectivity index (χ2n) is 6.68. The first-order valence-electron chi connectivity index (χ1n) is 7.68. The first kappa shape index (κ1) is 17.7. The molecule has 0 aliphatic carbocycles. The number of carboxylic acids is 1.